The largest absolute Gasteiger partial charge is 0.496 e. The monoisotopic (exact) mass is 598 g/mol. The number of rotatable bonds is 7. The summed E-state index contributed by atoms with van der Waals surface area (Å²) >= 11 is 0. The predicted molar refractivity (Wildman–Crippen MR) is 179 cm³/mol. The molecule has 3 heterocycles. The molecule has 7 heteroatoms. The van der Waals surface area contributed by atoms with Gasteiger partial charge in [-0.25, -0.2) is 0 Å². The highest BCUT2D eigenvalue weighted by Gasteiger charge is 2.28. The van der Waals surface area contributed by atoms with Crippen molar-refractivity contribution in [2.75, 3.05) is 38.2 Å². The number of nitrogens with zero attached hydrogens (tertiary/aromatic N) is 3. The van der Waals surface area contributed by atoms with E-state index in [1.807, 2.05) is 82.3 Å². The molecule has 7 rings (SSSR count). The van der Waals surface area contributed by atoms with Crippen molar-refractivity contribution in [3.05, 3.63) is 120 Å². The summed E-state index contributed by atoms with van der Waals surface area (Å²) in [4.78, 5) is 31.8. The minimum Gasteiger partial charge on any atom is -0.496 e. The molecule has 1 N–H and O–H groups in total. The Labute approximate surface area is 264 Å². The van der Waals surface area contributed by atoms with Gasteiger partial charge in [0.25, 0.3) is 11.8 Å². The van der Waals surface area contributed by atoms with Gasteiger partial charge in [0.15, 0.2) is 0 Å². The number of benzene rings is 4. The van der Waals surface area contributed by atoms with Gasteiger partial charge < -0.3 is 24.4 Å². The topological polar surface area (TPSA) is 66.8 Å². The Balaban J connectivity index is 1.16. The van der Waals surface area contributed by atoms with Gasteiger partial charge in [-0.15, -0.1) is 0 Å². The molecule has 2 aliphatic rings. The second-order valence-corrected chi connectivity index (χ2v) is 11.9. The van der Waals surface area contributed by atoms with Gasteiger partial charge in [0, 0.05) is 35.6 Å². The maximum Gasteiger partial charge on any atom is 0.267 e. The summed E-state index contributed by atoms with van der Waals surface area (Å²) in [5.74, 6) is 0.448. The second-order valence-electron chi connectivity index (χ2n) is 11.9. The van der Waals surface area contributed by atoms with E-state index in [0.29, 0.717) is 36.6 Å². The molecule has 0 radical (unpaired) electrons. The van der Waals surface area contributed by atoms with Gasteiger partial charge in [-0.2, -0.15) is 0 Å². The van der Waals surface area contributed by atoms with Crippen molar-refractivity contribution < 1.29 is 14.3 Å². The number of carbonyl (C=O) groups is 2. The van der Waals surface area contributed by atoms with Crippen LogP contribution in [0.5, 0.6) is 5.75 Å². The number of ether oxygens (including phenoxy) is 1. The molecule has 0 atom stereocenters. The smallest absolute Gasteiger partial charge is 0.267 e. The van der Waals surface area contributed by atoms with Gasteiger partial charge in [0.05, 0.1) is 20.2 Å². The van der Waals surface area contributed by atoms with E-state index in [1.54, 1.807) is 7.11 Å². The summed E-state index contributed by atoms with van der Waals surface area (Å²) < 4.78 is 7.90. The number of hydrogen-bond donors (Lipinski definition) is 1. The Hall–Kier alpha value is -4.88. The Morgan fingerprint density at radius 1 is 0.800 bits per heavy atom. The molecule has 1 fully saturated rings. The molecule has 5 aromatic rings. The Morgan fingerprint density at radius 2 is 1.60 bits per heavy atom. The number of para-hydroxylation sites is 1. The molecule has 1 saturated heterocycles. The molecule has 0 unspecified atom stereocenters. The van der Waals surface area contributed by atoms with E-state index < -0.39 is 0 Å². The zero-order valence-electron chi connectivity index (χ0n) is 25.7. The van der Waals surface area contributed by atoms with Gasteiger partial charge in [-0.3, -0.25) is 9.59 Å². The molecule has 2 aliphatic heterocycles. The number of amides is 2. The number of aromatic nitrogens is 1. The summed E-state index contributed by atoms with van der Waals surface area (Å²) in [7, 11) is 1.64. The minimum absolute atomic E-state index is 0.0794. The normalized spacial score (nSPS) is 14.8. The van der Waals surface area contributed by atoms with Crippen LogP contribution in [0, 0.1) is 0 Å². The predicted octanol–water partition coefficient (Wildman–Crippen LogP) is 6.74. The van der Waals surface area contributed by atoms with Crippen LogP contribution in [0.3, 0.4) is 0 Å². The average Bonchev–Trinajstić information content (AvgIpc) is 3.41. The average molecular weight is 599 g/mol. The van der Waals surface area contributed by atoms with Crippen molar-refractivity contribution >= 4 is 28.3 Å². The maximum atomic E-state index is 14.3. The molecule has 0 spiro atoms. The van der Waals surface area contributed by atoms with Crippen molar-refractivity contribution in [1.29, 1.82) is 0 Å². The number of piperidine rings is 1. The summed E-state index contributed by atoms with van der Waals surface area (Å²) in [5.41, 5.74) is 5.91. The molecule has 4 aromatic carbocycles. The van der Waals surface area contributed by atoms with Gasteiger partial charge in [-0.05, 0) is 84.2 Å². The molecule has 45 heavy (non-hydrogen) atoms. The Bertz CT molecular complexity index is 1870. The quantitative estimate of drug-likeness (QED) is 0.225. The van der Waals surface area contributed by atoms with Crippen LogP contribution in [0.2, 0.25) is 0 Å². The van der Waals surface area contributed by atoms with Crippen LogP contribution in [0.1, 0.15) is 51.4 Å². The first-order chi connectivity index (χ1) is 22.1. The van der Waals surface area contributed by atoms with Crippen LogP contribution in [0.4, 0.5) is 5.69 Å². The third-order valence-corrected chi connectivity index (χ3v) is 9.17. The van der Waals surface area contributed by atoms with Gasteiger partial charge in [0.2, 0.25) is 0 Å². The van der Waals surface area contributed by atoms with Crippen molar-refractivity contribution in [3.8, 4) is 16.9 Å². The molecular formula is C38H38N4O3. The van der Waals surface area contributed by atoms with E-state index in [0.717, 1.165) is 58.5 Å². The fourth-order valence-corrected chi connectivity index (χ4v) is 6.80. The molecule has 0 aliphatic carbocycles. The first-order valence-electron chi connectivity index (χ1n) is 15.9. The van der Waals surface area contributed by atoms with Crippen LogP contribution < -0.4 is 15.0 Å². The highest BCUT2D eigenvalue weighted by Crippen LogP contribution is 2.37. The Kier molecular flexibility index (Phi) is 8.09. The third kappa shape index (κ3) is 5.71. The van der Waals surface area contributed by atoms with E-state index in [1.165, 1.54) is 19.3 Å². The minimum atomic E-state index is -0.118. The molecule has 228 valence electrons. The van der Waals surface area contributed by atoms with E-state index >= 15 is 0 Å². The lowest BCUT2D eigenvalue weighted by atomic mass is 9.96. The number of nitrogens with one attached hydrogen (secondary N) is 1. The van der Waals surface area contributed by atoms with E-state index in [-0.39, 0.29) is 11.8 Å². The zero-order valence-corrected chi connectivity index (χ0v) is 25.7. The van der Waals surface area contributed by atoms with E-state index in [2.05, 4.69) is 34.5 Å². The summed E-state index contributed by atoms with van der Waals surface area (Å²) in [6.07, 6.45) is 3.76. The molecule has 0 saturated carbocycles. The van der Waals surface area contributed by atoms with E-state index in [9.17, 15) is 9.59 Å². The lowest BCUT2D eigenvalue weighted by Gasteiger charge is -2.26. The van der Waals surface area contributed by atoms with Crippen LogP contribution in [0.25, 0.3) is 21.9 Å². The summed E-state index contributed by atoms with van der Waals surface area (Å²) in [5, 5.41) is 5.41. The van der Waals surface area contributed by atoms with Crippen molar-refractivity contribution in [2.45, 2.75) is 32.4 Å². The Morgan fingerprint density at radius 3 is 2.47 bits per heavy atom. The maximum absolute atomic E-state index is 14.3. The third-order valence-electron chi connectivity index (χ3n) is 9.17. The number of likely N-dealkylation sites (tertiary alicyclic amines) is 1. The zero-order chi connectivity index (χ0) is 30.8. The number of methoxy groups -OCH3 is 1. The summed E-state index contributed by atoms with van der Waals surface area (Å²) in [6, 6.07) is 32.0. The van der Waals surface area contributed by atoms with Gasteiger partial charge in [-0.1, -0.05) is 67.1 Å². The highest BCUT2D eigenvalue weighted by atomic mass is 16.5. The second kappa shape index (κ2) is 12.6. The highest BCUT2D eigenvalue weighted by molar-refractivity contribution is 6.08. The molecular weight excluding hydrogens is 560 g/mol. The fourth-order valence-electron chi connectivity index (χ4n) is 6.80. The fraction of sp³-hybridized carbons (Fsp3) is 0.263. The van der Waals surface area contributed by atoms with Crippen LogP contribution in [-0.2, 0) is 13.1 Å². The summed E-state index contributed by atoms with van der Waals surface area (Å²) in [6.45, 7) is 4.57. The van der Waals surface area contributed by atoms with Gasteiger partial charge in [0.1, 0.15) is 11.4 Å². The first kappa shape index (κ1) is 28.9. The van der Waals surface area contributed by atoms with Crippen molar-refractivity contribution in [3.63, 3.8) is 0 Å². The van der Waals surface area contributed by atoms with Crippen LogP contribution >= 0.6 is 0 Å². The molecule has 2 amide bonds. The number of fused-ring (bicyclic) bond motifs is 3. The number of anilines is 1. The van der Waals surface area contributed by atoms with Gasteiger partial charge >= 0.3 is 0 Å². The lowest BCUT2D eigenvalue weighted by Crippen LogP contribution is -2.38. The number of hydrogen-bond acceptors (Lipinski definition) is 4. The number of carbonyl (C=O) groups excluding carboxylic acids is 2. The van der Waals surface area contributed by atoms with Crippen LogP contribution in [0.15, 0.2) is 97.1 Å². The van der Waals surface area contributed by atoms with Crippen molar-refractivity contribution in [1.82, 2.24) is 14.8 Å². The van der Waals surface area contributed by atoms with E-state index in [4.69, 9.17) is 4.74 Å². The first-order valence-corrected chi connectivity index (χ1v) is 15.9. The standard InChI is InChI=1S/C38H38N4O3/c1-45-36-24-28(16-18-33(36)32-14-9-12-27-10-3-5-13-31(27)32)38(44)42-26-30-17-19-35(41(30)25-29-11-4-6-15-34(29)42)37(43)39-20-23-40-21-7-2-8-22-40/h3-6,9-19,24H,2,7-8,20-23,25-26H2,1H3,(H,39,43). The molecule has 7 nitrogen and oxygen atoms in total. The molecule has 1 aromatic heterocycles. The van der Waals surface area contributed by atoms with Crippen LogP contribution in [-0.4, -0.2) is 54.6 Å². The SMILES string of the molecule is COc1cc(C(=O)N2Cc3ccc(C(=O)NCCN4CCCCC4)n3Cc3ccccc32)ccc1-c1cccc2ccccc12. The van der Waals surface area contributed by atoms with Crippen molar-refractivity contribution in [2.24, 2.45) is 0 Å². The molecule has 0 bridgehead atoms. The lowest BCUT2D eigenvalue weighted by molar-refractivity contribution is 0.0937.